The zero-order chi connectivity index (χ0) is 25.6. The third-order valence-corrected chi connectivity index (χ3v) is 10.9. The number of rotatable bonds is 3. The monoisotopic (exact) mass is 524 g/mol. The maximum absolute atomic E-state index is 5.31. The zero-order valence-electron chi connectivity index (χ0n) is 23.4. The minimum Gasteiger partial charge on any atom is -0.373 e. The molecular weight excluding hydrogens is 476 g/mol. The standard InChI is InChI=1S/C30H48N6S/c1-5-20-9-11-36(17-20)22-12-28-34-26-14-27(32-19(2)18-37-29(13-22)35-28)31-16-23(26)25-7-6-21-15-30(3,4)10-8-24(21)33-25/h6-7,18,20,22-23,26-29,31-32,34-35H,5,8-17H2,1-4H3. The number of hydrogen-bond acceptors (Lipinski definition) is 7. The molecule has 1 aromatic heterocycles. The van der Waals surface area contributed by atoms with Crippen molar-refractivity contribution in [1.82, 2.24) is 31.2 Å². The van der Waals surface area contributed by atoms with Crippen LogP contribution < -0.4 is 21.3 Å². The van der Waals surface area contributed by atoms with Gasteiger partial charge in [0.25, 0.3) is 0 Å². The van der Waals surface area contributed by atoms with E-state index in [1.54, 1.807) is 0 Å². The Morgan fingerprint density at radius 3 is 2.86 bits per heavy atom. The second-order valence-corrected chi connectivity index (χ2v) is 14.3. The van der Waals surface area contributed by atoms with Gasteiger partial charge < -0.3 is 5.32 Å². The van der Waals surface area contributed by atoms with E-state index in [9.17, 15) is 0 Å². The minimum atomic E-state index is 0.293. The van der Waals surface area contributed by atoms with E-state index in [1.807, 2.05) is 11.8 Å². The van der Waals surface area contributed by atoms with Crippen molar-refractivity contribution in [2.24, 2.45) is 11.3 Å². The largest absolute Gasteiger partial charge is 0.373 e. The quantitative estimate of drug-likeness (QED) is 0.470. The first-order valence-corrected chi connectivity index (χ1v) is 15.9. The van der Waals surface area contributed by atoms with Gasteiger partial charge in [0.05, 0.1) is 17.7 Å². The van der Waals surface area contributed by atoms with E-state index < -0.39 is 0 Å². The predicted molar refractivity (Wildman–Crippen MR) is 154 cm³/mol. The summed E-state index contributed by atoms with van der Waals surface area (Å²) < 4.78 is 0. The van der Waals surface area contributed by atoms with Crippen LogP contribution in [0.25, 0.3) is 0 Å². The first kappa shape index (κ1) is 26.1. The summed E-state index contributed by atoms with van der Waals surface area (Å²) in [5.74, 6) is 1.27. The van der Waals surface area contributed by atoms with Gasteiger partial charge >= 0.3 is 0 Å². The predicted octanol–water partition coefficient (Wildman–Crippen LogP) is 4.29. The first-order chi connectivity index (χ1) is 17.8. The third-order valence-electron chi connectivity index (χ3n) is 9.76. The molecule has 3 fully saturated rings. The molecule has 1 aromatic rings. The molecule has 6 nitrogen and oxygen atoms in total. The summed E-state index contributed by atoms with van der Waals surface area (Å²) in [6, 6.07) is 5.78. The lowest BCUT2D eigenvalue weighted by atomic mass is 9.75. The van der Waals surface area contributed by atoms with E-state index in [1.165, 1.54) is 67.8 Å². The Morgan fingerprint density at radius 1 is 1.14 bits per heavy atom. The molecule has 0 amide bonds. The summed E-state index contributed by atoms with van der Waals surface area (Å²) in [4.78, 5) is 8.12. The Labute approximate surface area is 228 Å². The Hall–Kier alpha value is -1.12. The van der Waals surface area contributed by atoms with Crippen LogP contribution in [-0.2, 0) is 12.8 Å². The van der Waals surface area contributed by atoms with E-state index in [0.717, 1.165) is 31.7 Å². The topological polar surface area (TPSA) is 64.2 Å². The number of hydrogen-bond donors (Lipinski definition) is 4. The summed E-state index contributed by atoms with van der Waals surface area (Å²) in [5.41, 5.74) is 5.75. The fourth-order valence-electron chi connectivity index (χ4n) is 7.47. The fraction of sp³-hybridized carbons (Fsp3) is 0.767. The van der Waals surface area contributed by atoms with Crippen LogP contribution in [0.1, 0.15) is 89.1 Å². The molecule has 37 heavy (non-hydrogen) atoms. The number of thioether (sulfide) groups is 1. The number of likely N-dealkylation sites (tertiary alicyclic amines) is 1. The number of aromatic nitrogens is 1. The molecule has 6 rings (SSSR count). The first-order valence-electron chi connectivity index (χ1n) is 14.9. The van der Waals surface area contributed by atoms with Crippen molar-refractivity contribution in [2.45, 2.75) is 115 Å². The van der Waals surface area contributed by atoms with E-state index in [0.29, 0.717) is 41.1 Å². The molecule has 204 valence electrons. The summed E-state index contributed by atoms with van der Waals surface area (Å²) in [6.07, 6.45) is 10.3. The smallest absolute Gasteiger partial charge is 0.0780 e. The van der Waals surface area contributed by atoms with Gasteiger partial charge in [-0.25, -0.2) is 0 Å². The van der Waals surface area contributed by atoms with Crippen molar-refractivity contribution in [3.8, 4) is 0 Å². The van der Waals surface area contributed by atoms with Crippen LogP contribution in [0.3, 0.4) is 0 Å². The number of pyridine rings is 1. The minimum absolute atomic E-state index is 0.293. The lowest BCUT2D eigenvalue weighted by Crippen LogP contribution is -2.62. The Kier molecular flexibility index (Phi) is 7.63. The number of nitrogens with one attached hydrogen (secondary N) is 4. The highest BCUT2D eigenvalue weighted by Gasteiger charge is 2.39. The van der Waals surface area contributed by atoms with Crippen LogP contribution in [0.4, 0.5) is 0 Å². The van der Waals surface area contributed by atoms with Gasteiger partial charge in [-0.2, -0.15) is 0 Å². The highest BCUT2D eigenvalue weighted by atomic mass is 32.2. The van der Waals surface area contributed by atoms with Crippen molar-refractivity contribution in [3.63, 3.8) is 0 Å². The molecule has 5 aliphatic rings. The maximum Gasteiger partial charge on any atom is 0.0780 e. The van der Waals surface area contributed by atoms with Gasteiger partial charge in [-0.3, -0.25) is 25.8 Å². The summed E-state index contributed by atoms with van der Waals surface area (Å²) in [5, 5.41) is 18.5. The van der Waals surface area contributed by atoms with E-state index >= 15 is 0 Å². The van der Waals surface area contributed by atoms with Gasteiger partial charge in [0, 0.05) is 48.2 Å². The van der Waals surface area contributed by atoms with Gasteiger partial charge in [-0.1, -0.05) is 33.3 Å². The Morgan fingerprint density at radius 2 is 2.03 bits per heavy atom. The molecule has 5 heterocycles. The molecule has 0 spiro atoms. The second-order valence-electron chi connectivity index (χ2n) is 13.2. The van der Waals surface area contributed by atoms with Crippen LogP contribution in [-0.4, -0.2) is 59.3 Å². The summed E-state index contributed by atoms with van der Waals surface area (Å²) >= 11 is 1.97. The summed E-state index contributed by atoms with van der Waals surface area (Å²) in [6.45, 7) is 12.9. The number of fused-ring (bicyclic) bond motifs is 5. The molecule has 0 radical (unpaired) electrons. The number of allylic oxidation sites excluding steroid dienone is 1. The van der Waals surface area contributed by atoms with Gasteiger partial charge in [-0.05, 0) is 86.8 Å². The number of piperidine rings is 2. The van der Waals surface area contributed by atoms with Gasteiger partial charge in [0.2, 0.25) is 0 Å². The van der Waals surface area contributed by atoms with Crippen LogP contribution in [0, 0.1) is 11.3 Å². The molecule has 7 atom stereocenters. The van der Waals surface area contributed by atoms with Gasteiger partial charge in [0.15, 0.2) is 0 Å². The molecular formula is C30H48N6S. The van der Waals surface area contributed by atoms with Crippen LogP contribution >= 0.6 is 11.8 Å². The number of nitrogens with zero attached hydrogens (tertiary/aromatic N) is 2. The molecule has 4 aliphatic heterocycles. The molecule has 7 heteroatoms. The summed E-state index contributed by atoms with van der Waals surface area (Å²) in [7, 11) is 0. The van der Waals surface area contributed by atoms with Crippen molar-refractivity contribution in [1.29, 1.82) is 0 Å². The zero-order valence-corrected chi connectivity index (χ0v) is 24.2. The molecule has 0 aromatic carbocycles. The average molecular weight is 525 g/mol. The van der Waals surface area contributed by atoms with Gasteiger partial charge in [0.1, 0.15) is 0 Å². The molecule has 3 saturated heterocycles. The van der Waals surface area contributed by atoms with Crippen molar-refractivity contribution >= 4 is 11.8 Å². The maximum atomic E-state index is 5.31. The van der Waals surface area contributed by atoms with Crippen molar-refractivity contribution in [2.75, 3.05) is 19.6 Å². The van der Waals surface area contributed by atoms with E-state index in [4.69, 9.17) is 4.98 Å². The molecule has 1 aliphatic carbocycles. The van der Waals surface area contributed by atoms with Crippen molar-refractivity contribution in [3.05, 3.63) is 40.2 Å². The van der Waals surface area contributed by atoms with Crippen LogP contribution in [0.15, 0.2) is 23.2 Å². The Bertz CT molecular complexity index is 994. The molecule has 0 saturated carbocycles. The molecule has 4 N–H and O–H groups in total. The van der Waals surface area contributed by atoms with Crippen LogP contribution in [0.2, 0.25) is 0 Å². The third kappa shape index (κ3) is 5.91. The highest BCUT2D eigenvalue weighted by molar-refractivity contribution is 8.02. The SMILES string of the molecule is CCC1CCN(C2CC3NC(C2)SC=C(C)NC2CC(N3)C(c3ccc4c(n3)CCC(C)(C)C4)CN2)C1. The Balaban J connectivity index is 1.23. The fourth-order valence-corrected chi connectivity index (χ4v) is 8.49. The lowest BCUT2D eigenvalue weighted by Gasteiger charge is -2.44. The van der Waals surface area contributed by atoms with E-state index in [2.05, 4.69) is 71.4 Å². The number of aryl methyl sites for hydroxylation is 1. The van der Waals surface area contributed by atoms with Gasteiger partial charge in [-0.15, -0.1) is 11.8 Å². The van der Waals surface area contributed by atoms with Crippen molar-refractivity contribution < 1.29 is 0 Å². The molecule has 7 unspecified atom stereocenters. The van der Waals surface area contributed by atoms with Crippen LogP contribution in [0.5, 0.6) is 0 Å². The highest BCUT2D eigenvalue weighted by Crippen LogP contribution is 2.36. The average Bonchev–Trinajstić information content (AvgIpc) is 3.36. The lowest BCUT2D eigenvalue weighted by molar-refractivity contribution is 0.135. The normalized spacial score (nSPS) is 38.2. The molecule has 4 bridgehead atoms. The van der Waals surface area contributed by atoms with E-state index in [-0.39, 0.29) is 0 Å². The second kappa shape index (κ2) is 10.8.